The van der Waals surface area contributed by atoms with E-state index in [0.29, 0.717) is 11.3 Å². The number of carbonyl (C=O) groups excluding carboxylic acids is 1. The standard InChI is InChI=1S/C27H29BrN4O3/c1-34-25-12-11-23(28)17-22(25)18-29-30-27(33)21-9-7-20(8-10-21)19-31-13-15-32(16-14-31)24-5-3-4-6-26(24)35-2/h3-12,17-18H,13-16,19H2,1-2H3,(H,30,33)/b29-18+. The number of hydrogen-bond donors (Lipinski definition) is 1. The van der Waals surface area contributed by atoms with Crippen molar-refractivity contribution in [1.82, 2.24) is 10.3 Å². The number of nitrogens with zero attached hydrogens (tertiary/aromatic N) is 3. The fourth-order valence-electron chi connectivity index (χ4n) is 4.09. The van der Waals surface area contributed by atoms with Crippen molar-refractivity contribution in [3.8, 4) is 11.5 Å². The van der Waals surface area contributed by atoms with Crippen LogP contribution in [0.25, 0.3) is 0 Å². The maximum atomic E-state index is 12.5. The van der Waals surface area contributed by atoms with Crippen molar-refractivity contribution >= 4 is 33.7 Å². The first kappa shape index (κ1) is 24.8. The first-order valence-electron chi connectivity index (χ1n) is 11.4. The zero-order chi connectivity index (χ0) is 24.6. The zero-order valence-corrected chi connectivity index (χ0v) is 21.5. The number of methoxy groups -OCH3 is 2. The minimum atomic E-state index is -0.257. The molecule has 0 aliphatic carbocycles. The third kappa shape index (κ3) is 6.41. The molecule has 7 nitrogen and oxygen atoms in total. The maximum Gasteiger partial charge on any atom is 0.271 e. The largest absolute Gasteiger partial charge is 0.496 e. The molecule has 35 heavy (non-hydrogen) atoms. The van der Waals surface area contributed by atoms with Gasteiger partial charge >= 0.3 is 0 Å². The number of para-hydroxylation sites is 2. The van der Waals surface area contributed by atoms with Gasteiger partial charge in [-0.1, -0.05) is 40.2 Å². The van der Waals surface area contributed by atoms with Crippen molar-refractivity contribution in [2.75, 3.05) is 45.3 Å². The Morgan fingerprint density at radius 1 is 0.971 bits per heavy atom. The average Bonchev–Trinajstić information content (AvgIpc) is 2.89. The van der Waals surface area contributed by atoms with Crippen LogP contribution in [-0.4, -0.2) is 57.4 Å². The molecule has 1 N–H and O–H groups in total. The van der Waals surface area contributed by atoms with Gasteiger partial charge in [0.25, 0.3) is 5.91 Å². The van der Waals surface area contributed by atoms with Crippen LogP contribution in [0.3, 0.4) is 0 Å². The van der Waals surface area contributed by atoms with Gasteiger partial charge in [0.1, 0.15) is 11.5 Å². The van der Waals surface area contributed by atoms with Gasteiger partial charge < -0.3 is 14.4 Å². The number of hydrazone groups is 1. The molecule has 3 aromatic carbocycles. The second-order valence-corrected chi connectivity index (χ2v) is 9.13. The normalized spacial score (nSPS) is 14.2. The van der Waals surface area contributed by atoms with Gasteiger partial charge in [-0.3, -0.25) is 9.69 Å². The molecule has 0 unspecified atom stereocenters. The topological polar surface area (TPSA) is 66.4 Å². The monoisotopic (exact) mass is 536 g/mol. The number of amides is 1. The Kier molecular flexibility index (Phi) is 8.39. The number of anilines is 1. The van der Waals surface area contributed by atoms with Gasteiger partial charge in [-0.05, 0) is 48.0 Å². The van der Waals surface area contributed by atoms with Crippen molar-refractivity contribution in [1.29, 1.82) is 0 Å². The number of benzene rings is 3. The van der Waals surface area contributed by atoms with E-state index in [9.17, 15) is 4.79 Å². The fourth-order valence-corrected chi connectivity index (χ4v) is 4.47. The van der Waals surface area contributed by atoms with Gasteiger partial charge in [-0.25, -0.2) is 5.43 Å². The highest BCUT2D eigenvalue weighted by atomic mass is 79.9. The summed E-state index contributed by atoms with van der Waals surface area (Å²) in [7, 11) is 3.31. The van der Waals surface area contributed by atoms with E-state index >= 15 is 0 Å². The molecule has 1 aliphatic heterocycles. The molecule has 3 aromatic rings. The molecule has 0 atom stereocenters. The lowest BCUT2D eigenvalue weighted by Gasteiger charge is -2.36. The Labute approximate surface area is 214 Å². The molecule has 0 spiro atoms. The lowest BCUT2D eigenvalue weighted by atomic mass is 10.1. The molecule has 8 heteroatoms. The van der Waals surface area contributed by atoms with Crippen LogP contribution in [0.1, 0.15) is 21.5 Å². The summed E-state index contributed by atoms with van der Waals surface area (Å²) in [6, 6.07) is 21.4. The van der Waals surface area contributed by atoms with Crippen LogP contribution in [0.2, 0.25) is 0 Å². The maximum absolute atomic E-state index is 12.5. The summed E-state index contributed by atoms with van der Waals surface area (Å²) in [6.45, 7) is 4.67. The zero-order valence-electron chi connectivity index (χ0n) is 19.9. The molecule has 1 saturated heterocycles. The summed E-state index contributed by atoms with van der Waals surface area (Å²) in [5.74, 6) is 1.33. The molecule has 4 rings (SSSR count). The number of halogens is 1. The van der Waals surface area contributed by atoms with Gasteiger partial charge in [0.2, 0.25) is 0 Å². The van der Waals surface area contributed by atoms with E-state index in [-0.39, 0.29) is 5.91 Å². The number of ether oxygens (including phenoxy) is 2. The van der Waals surface area contributed by atoms with Crippen LogP contribution in [0.4, 0.5) is 5.69 Å². The number of rotatable bonds is 8. The van der Waals surface area contributed by atoms with Crippen LogP contribution in [0.15, 0.2) is 76.3 Å². The Morgan fingerprint density at radius 2 is 1.69 bits per heavy atom. The van der Waals surface area contributed by atoms with Gasteiger partial charge in [-0.15, -0.1) is 0 Å². The second kappa shape index (κ2) is 11.9. The molecule has 182 valence electrons. The number of hydrogen-bond acceptors (Lipinski definition) is 6. The van der Waals surface area contributed by atoms with Gasteiger partial charge in [0.15, 0.2) is 0 Å². The van der Waals surface area contributed by atoms with E-state index in [4.69, 9.17) is 9.47 Å². The summed E-state index contributed by atoms with van der Waals surface area (Å²) in [4.78, 5) is 17.3. The van der Waals surface area contributed by atoms with E-state index in [2.05, 4.69) is 42.3 Å². The minimum absolute atomic E-state index is 0.257. The molecular weight excluding hydrogens is 508 g/mol. The van der Waals surface area contributed by atoms with E-state index in [1.54, 1.807) is 20.4 Å². The summed E-state index contributed by atoms with van der Waals surface area (Å²) in [6.07, 6.45) is 1.57. The van der Waals surface area contributed by atoms with Crippen molar-refractivity contribution in [2.24, 2.45) is 5.10 Å². The first-order valence-corrected chi connectivity index (χ1v) is 12.2. The van der Waals surface area contributed by atoms with Crippen LogP contribution in [0, 0.1) is 0 Å². The van der Waals surface area contributed by atoms with E-state index in [0.717, 1.165) is 54.2 Å². The van der Waals surface area contributed by atoms with Crippen LogP contribution in [0.5, 0.6) is 11.5 Å². The minimum Gasteiger partial charge on any atom is -0.496 e. The summed E-state index contributed by atoms with van der Waals surface area (Å²) in [5, 5.41) is 4.08. The van der Waals surface area contributed by atoms with Crippen molar-refractivity contribution in [3.63, 3.8) is 0 Å². The van der Waals surface area contributed by atoms with E-state index < -0.39 is 0 Å². The Bertz CT molecular complexity index is 1180. The Balaban J connectivity index is 1.28. The molecule has 0 bridgehead atoms. The predicted molar refractivity (Wildman–Crippen MR) is 143 cm³/mol. The van der Waals surface area contributed by atoms with Crippen molar-refractivity contribution < 1.29 is 14.3 Å². The quantitative estimate of drug-likeness (QED) is 0.338. The van der Waals surface area contributed by atoms with Gasteiger partial charge in [0.05, 0.1) is 26.1 Å². The first-order chi connectivity index (χ1) is 17.1. The van der Waals surface area contributed by atoms with Crippen molar-refractivity contribution in [2.45, 2.75) is 6.54 Å². The molecule has 0 radical (unpaired) electrons. The highest BCUT2D eigenvalue weighted by Gasteiger charge is 2.19. The summed E-state index contributed by atoms with van der Waals surface area (Å²) in [5.41, 5.74) is 6.23. The van der Waals surface area contributed by atoms with Gasteiger partial charge in [0, 0.05) is 48.3 Å². The number of nitrogens with one attached hydrogen (secondary N) is 1. The van der Waals surface area contributed by atoms with Crippen LogP contribution >= 0.6 is 15.9 Å². The van der Waals surface area contributed by atoms with Crippen molar-refractivity contribution in [3.05, 3.63) is 87.9 Å². The Hall–Kier alpha value is -3.36. The molecule has 1 fully saturated rings. The number of carbonyl (C=O) groups is 1. The second-order valence-electron chi connectivity index (χ2n) is 8.22. The molecule has 1 heterocycles. The summed E-state index contributed by atoms with van der Waals surface area (Å²) < 4.78 is 11.7. The van der Waals surface area contributed by atoms with Crippen LogP contribution < -0.4 is 19.8 Å². The molecule has 1 amide bonds. The smallest absolute Gasteiger partial charge is 0.271 e. The fraction of sp³-hybridized carbons (Fsp3) is 0.259. The van der Waals surface area contributed by atoms with Crippen LogP contribution in [-0.2, 0) is 6.54 Å². The van der Waals surface area contributed by atoms with Gasteiger partial charge in [-0.2, -0.15) is 5.10 Å². The summed E-state index contributed by atoms with van der Waals surface area (Å²) >= 11 is 3.43. The molecule has 1 aliphatic rings. The van der Waals surface area contributed by atoms with E-state index in [1.165, 1.54) is 5.56 Å². The Morgan fingerprint density at radius 3 is 2.40 bits per heavy atom. The third-order valence-electron chi connectivity index (χ3n) is 5.98. The average molecular weight is 537 g/mol. The lowest BCUT2D eigenvalue weighted by molar-refractivity contribution is 0.0955. The molecule has 0 aromatic heterocycles. The highest BCUT2D eigenvalue weighted by molar-refractivity contribution is 9.10. The van der Waals surface area contributed by atoms with E-state index in [1.807, 2.05) is 60.7 Å². The SMILES string of the molecule is COc1ccc(Br)cc1/C=N/NC(=O)c1ccc(CN2CCN(c3ccccc3OC)CC2)cc1. The number of piperazine rings is 1. The molecular formula is C27H29BrN4O3. The highest BCUT2D eigenvalue weighted by Crippen LogP contribution is 2.28. The lowest BCUT2D eigenvalue weighted by Crippen LogP contribution is -2.46. The predicted octanol–water partition coefficient (Wildman–Crippen LogP) is 4.55. The molecule has 0 saturated carbocycles. The third-order valence-corrected chi connectivity index (χ3v) is 6.48.